The molecule has 0 bridgehead atoms. The lowest BCUT2D eigenvalue weighted by Gasteiger charge is -2.19. The van der Waals surface area contributed by atoms with Crippen molar-refractivity contribution in [2.45, 2.75) is 0 Å². The Morgan fingerprint density at radius 1 is 1.35 bits per heavy atom. The van der Waals surface area contributed by atoms with Crippen LogP contribution in [0.15, 0.2) is 18.2 Å². The molecular weight excluding hydrogens is 293 g/mol. The number of nitrogens with one attached hydrogen (secondary N) is 1. The van der Waals surface area contributed by atoms with Gasteiger partial charge in [0.15, 0.2) is 5.82 Å². The predicted octanol–water partition coefficient (Wildman–Crippen LogP) is 0.883. The molecule has 0 aromatic heterocycles. The van der Waals surface area contributed by atoms with E-state index in [0.717, 1.165) is 0 Å². The largest absolute Gasteiger partial charge is 0.480 e. The van der Waals surface area contributed by atoms with Crippen molar-refractivity contribution in [2.24, 2.45) is 5.73 Å². The van der Waals surface area contributed by atoms with E-state index < -0.39 is 36.8 Å². The number of rotatable bonds is 5. The number of halogens is 2. The van der Waals surface area contributed by atoms with Crippen LogP contribution in [0.3, 0.4) is 0 Å². The fourth-order valence-corrected chi connectivity index (χ4v) is 1.52. The number of carbonyl (C=O) groups is 3. The number of hydrogen-bond donors (Lipinski definition) is 3. The lowest BCUT2D eigenvalue weighted by molar-refractivity contribution is -0.137. The summed E-state index contributed by atoms with van der Waals surface area (Å²) in [7, 11) is 0. The van der Waals surface area contributed by atoms with Crippen molar-refractivity contribution in [1.82, 2.24) is 4.90 Å². The molecule has 0 saturated carbocycles. The fourth-order valence-electron chi connectivity index (χ4n) is 1.35. The lowest BCUT2D eigenvalue weighted by Crippen LogP contribution is -2.43. The van der Waals surface area contributed by atoms with Crippen molar-refractivity contribution in [3.05, 3.63) is 29.0 Å². The van der Waals surface area contributed by atoms with Crippen molar-refractivity contribution in [3.63, 3.8) is 0 Å². The molecular formula is C11H11ClFN3O4. The van der Waals surface area contributed by atoms with Crippen LogP contribution in [-0.4, -0.2) is 41.0 Å². The number of nitrogens with zero attached hydrogens (tertiary/aromatic N) is 1. The van der Waals surface area contributed by atoms with Gasteiger partial charge >= 0.3 is 12.0 Å². The number of benzene rings is 1. The number of aliphatic carboxylic acids is 1. The zero-order chi connectivity index (χ0) is 15.3. The molecule has 0 unspecified atom stereocenters. The molecule has 3 amide bonds. The topological polar surface area (TPSA) is 113 Å². The first-order chi connectivity index (χ1) is 9.31. The van der Waals surface area contributed by atoms with Gasteiger partial charge in [-0.3, -0.25) is 9.59 Å². The Bertz CT molecular complexity index is 536. The van der Waals surface area contributed by atoms with Gasteiger partial charge in [0.1, 0.15) is 13.1 Å². The van der Waals surface area contributed by atoms with Gasteiger partial charge in [0, 0.05) is 0 Å². The number of amides is 3. The third-order valence-corrected chi connectivity index (χ3v) is 2.45. The van der Waals surface area contributed by atoms with Gasteiger partial charge in [0.05, 0.1) is 10.7 Å². The maximum atomic E-state index is 13.6. The fraction of sp³-hybridized carbons (Fsp3) is 0.182. The number of primary amides is 1. The smallest absolute Gasteiger partial charge is 0.323 e. The molecule has 1 aromatic carbocycles. The van der Waals surface area contributed by atoms with Crippen LogP contribution in [0.4, 0.5) is 14.9 Å². The summed E-state index contributed by atoms with van der Waals surface area (Å²) in [6.07, 6.45) is 0. The number of carboxylic acid groups (broad SMARTS) is 1. The molecule has 7 nitrogen and oxygen atoms in total. The summed E-state index contributed by atoms with van der Waals surface area (Å²) < 4.78 is 13.6. The average molecular weight is 304 g/mol. The Labute approximate surface area is 118 Å². The van der Waals surface area contributed by atoms with E-state index in [1.54, 1.807) is 0 Å². The molecule has 9 heteroatoms. The average Bonchev–Trinajstić information content (AvgIpc) is 2.33. The van der Waals surface area contributed by atoms with E-state index in [1.807, 2.05) is 0 Å². The maximum Gasteiger partial charge on any atom is 0.323 e. The Kier molecular flexibility index (Phi) is 5.27. The van der Waals surface area contributed by atoms with Gasteiger partial charge in [-0.05, 0) is 12.1 Å². The quantitative estimate of drug-likeness (QED) is 0.749. The van der Waals surface area contributed by atoms with Crippen LogP contribution in [-0.2, 0) is 9.59 Å². The van der Waals surface area contributed by atoms with Crippen molar-refractivity contribution < 1.29 is 23.9 Å². The Morgan fingerprint density at radius 3 is 2.55 bits per heavy atom. The van der Waals surface area contributed by atoms with E-state index in [0.29, 0.717) is 4.90 Å². The van der Waals surface area contributed by atoms with Crippen molar-refractivity contribution in [3.8, 4) is 0 Å². The molecule has 0 spiro atoms. The zero-order valence-electron chi connectivity index (χ0n) is 10.1. The van der Waals surface area contributed by atoms with E-state index in [9.17, 15) is 18.8 Å². The third kappa shape index (κ3) is 4.39. The van der Waals surface area contributed by atoms with Crippen molar-refractivity contribution in [2.75, 3.05) is 18.4 Å². The summed E-state index contributed by atoms with van der Waals surface area (Å²) in [5, 5.41) is 10.6. The molecule has 0 fully saturated rings. The maximum absolute atomic E-state index is 13.6. The minimum atomic E-state index is -1.34. The molecule has 0 aliphatic rings. The van der Waals surface area contributed by atoms with Crippen molar-refractivity contribution >= 4 is 35.2 Å². The second kappa shape index (κ2) is 6.71. The summed E-state index contributed by atoms with van der Waals surface area (Å²) in [6.45, 7) is -1.36. The van der Waals surface area contributed by atoms with Crippen LogP contribution >= 0.6 is 11.6 Å². The highest BCUT2D eigenvalue weighted by Crippen LogP contribution is 2.22. The minimum Gasteiger partial charge on any atom is -0.480 e. The molecule has 0 aliphatic heterocycles. The highest BCUT2D eigenvalue weighted by atomic mass is 35.5. The summed E-state index contributed by atoms with van der Waals surface area (Å²) in [4.78, 5) is 33.8. The molecule has 0 saturated heterocycles. The van der Waals surface area contributed by atoms with E-state index in [4.69, 9.17) is 22.4 Å². The molecule has 0 atom stereocenters. The first-order valence-corrected chi connectivity index (χ1v) is 5.69. The molecule has 0 aliphatic carbocycles. The second-order valence-electron chi connectivity index (χ2n) is 3.75. The van der Waals surface area contributed by atoms with Gasteiger partial charge in [-0.2, -0.15) is 0 Å². The Balaban J connectivity index is 2.87. The van der Waals surface area contributed by atoms with Gasteiger partial charge < -0.3 is 21.1 Å². The summed E-state index contributed by atoms with van der Waals surface area (Å²) in [6, 6.07) is 2.94. The van der Waals surface area contributed by atoms with E-state index in [2.05, 4.69) is 5.32 Å². The Hall–Kier alpha value is -2.35. The Morgan fingerprint density at radius 2 is 2.00 bits per heavy atom. The lowest BCUT2D eigenvalue weighted by atomic mass is 10.3. The normalized spacial score (nSPS) is 9.90. The first kappa shape index (κ1) is 15.7. The number of carboxylic acids is 1. The number of hydrogen-bond acceptors (Lipinski definition) is 3. The summed E-state index contributed by atoms with van der Waals surface area (Å²) >= 11 is 5.54. The third-order valence-electron chi connectivity index (χ3n) is 2.15. The summed E-state index contributed by atoms with van der Waals surface area (Å²) in [5.74, 6) is -3.10. The van der Waals surface area contributed by atoms with Gasteiger partial charge in [0.2, 0.25) is 5.91 Å². The van der Waals surface area contributed by atoms with Crippen LogP contribution < -0.4 is 11.1 Å². The van der Waals surface area contributed by atoms with Crippen LogP contribution in [0.2, 0.25) is 5.02 Å². The first-order valence-electron chi connectivity index (χ1n) is 5.31. The van der Waals surface area contributed by atoms with Crippen molar-refractivity contribution in [1.29, 1.82) is 0 Å². The van der Waals surface area contributed by atoms with Gasteiger partial charge in [-0.1, -0.05) is 17.7 Å². The highest BCUT2D eigenvalue weighted by molar-refractivity contribution is 6.31. The number of carbonyl (C=O) groups excluding carboxylic acids is 2. The predicted molar refractivity (Wildman–Crippen MR) is 68.8 cm³/mol. The van der Waals surface area contributed by atoms with E-state index >= 15 is 0 Å². The molecule has 0 radical (unpaired) electrons. The highest BCUT2D eigenvalue weighted by Gasteiger charge is 2.20. The molecule has 1 aromatic rings. The molecule has 108 valence electrons. The van der Waals surface area contributed by atoms with Gasteiger partial charge in [-0.25, -0.2) is 9.18 Å². The summed E-state index contributed by atoms with van der Waals surface area (Å²) in [5.41, 5.74) is 4.67. The zero-order valence-corrected chi connectivity index (χ0v) is 10.9. The van der Waals surface area contributed by atoms with E-state index in [-0.39, 0.29) is 10.7 Å². The van der Waals surface area contributed by atoms with Gasteiger partial charge in [-0.15, -0.1) is 0 Å². The minimum absolute atomic E-state index is 0.206. The van der Waals surface area contributed by atoms with Crippen LogP contribution in [0.25, 0.3) is 0 Å². The standard InChI is InChI=1S/C11H11ClFN3O4/c12-6-2-1-3-7(10(6)13)15-11(20)16(4-8(14)17)5-9(18)19/h1-3H,4-5H2,(H2,14,17)(H,15,20)(H,18,19). The molecule has 1 rings (SSSR count). The second-order valence-corrected chi connectivity index (χ2v) is 4.15. The number of urea groups is 1. The number of anilines is 1. The van der Waals surface area contributed by atoms with Crippen LogP contribution in [0.5, 0.6) is 0 Å². The molecule has 4 N–H and O–H groups in total. The van der Waals surface area contributed by atoms with Crippen LogP contribution in [0.1, 0.15) is 0 Å². The monoisotopic (exact) mass is 303 g/mol. The van der Waals surface area contributed by atoms with E-state index in [1.165, 1.54) is 18.2 Å². The van der Waals surface area contributed by atoms with Gasteiger partial charge in [0.25, 0.3) is 0 Å². The number of nitrogens with two attached hydrogens (primary N) is 1. The van der Waals surface area contributed by atoms with Crippen LogP contribution in [0, 0.1) is 5.82 Å². The SMILES string of the molecule is NC(=O)CN(CC(=O)O)C(=O)Nc1cccc(Cl)c1F. The molecule has 0 heterocycles. The molecule has 20 heavy (non-hydrogen) atoms.